The molecule has 21 heavy (non-hydrogen) atoms. The average Bonchev–Trinajstić information content (AvgIpc) is 2.85. The topological polar surface area (TPSA) is 76.4 Å². The van der Waals surface area contributed by atoms with Crippen LogP contribution >= 0.6 is 11.8 Å². The molecule has 0 fully saturated rings. The Morgan fingerprint density at radius 2 is 2.10 bits per heavy atom. The van der Waals surface area contributed by atoms with Crippen molar-refractivity contribution in [1.82, 2.24) is 19.9 Å². The summed E-state index contributed by atoms with van der Waals surface area (Å²) < 4.78 is 1.82. The van der Waals surface area contributed by atoms with Gasteiger partial charge in [0.05, 0.1) is 11.8 Å². The van der Waals surface area contributed by atoms with Crippen molar-refractivity contribution in [2.24, 2.45) is 5.92 Å². The minimum atomic E-state index is -0.437. The van der Waals surface area contributed by atoms with E-state index in [0.29, 0.717) is 5.16 Å². The van der Waals surface area contributed by atoms with E-state index in [9.17, 15) is 9.59 Å². The highest BCUT2D eigenvalue weighted by atomic mass is 32.2. The van der Waals surface area contributed by atoms with Crippen LogP contribution in [0, 0.1) is 5.92 Å². The number of nitrogens with one attached hydrogen (secondary N) is 1. The zero-order valence-corrected chi connectivity index (χ0v) is 13.1. The summed E-state index contributed by atoms with van der Waals surface area (Å²) in [6.45, 7) is 5.31. The Balaban J connectivity index is 1.96. The van der Waals surface area contributed by atoms with Gasteiger partial charge in [-0.3, -0.25) is 14.0 Å². The number of pyridine rings is 1. The summed E-state index contributed by atoms with van der Waals surface area (Å²) in [6, 6.07) is 5.17. The van der Waals surface area contributed by atoms with Crippen molar-refractivity contribution in [1.29, 1.82) is 0 Å². The number of amides is 1. The minimum absolute atomic E-state index is 0.0312. The van der Waals surface area contributed by atoms with E-state index in [0.717, 1.165) is 5.65 Å². The number of nitrogens with zero attached hydrogens (tertiary/aromatic N) is 3. The molecule has 0 aliphatic heterocycles. The number of fused-ring (bicyclic) bond motifs is 1. The van der Waals surface area contributed by atoms with Crippen molar-refractivity contribution in [3.05, 3.63) is 24.4 Å². The molecule has 0 saturated carbocycles. The molecule has 6 nitrogen and oxygen atoms in total. The predicted octanol–water partition coefficient (Wildman–Crippen LogP) is 1.55. The molecule has 0 aliphatic carbocycles. The summed E-state index contributed by atoms with van der Waals surface area (Å²) in [4.78, 5) is 23.4. The summed E-state index contributed by atoms with van der Waals surface area (Å²) in [5.74, 6) is 0.0647. The number of aromatic nitrogens is 3. The van der Waals surface area contributed by atoms with E-state index in [2.05, 4.69) is 15.5 Å². The standard InChI is InChI=1S/C14H18N4O2S/c1-9(2)13(10(3)19)15-12(20)8-21-14-17-16-11-6-4-5-7-18(11)14/h4-7,9,13H,8H2,1-3H3,(H,15,20). The smallest absolute Gasteiger partial charge is 0.231 e. The van der Waals surface area contributed by atoms with Gasteiger partial charge in [0.1, 0.15) is 0 Å². The summed E-state index contributed by atoms with van der Waals surface area (Å²) in [5, 5.41) is 11.5. The van der Waals surface area contributed by atoms with Gasteiger partial charge in [0, 0.05) is 6.20 Å². The third-order valence-electron chi connectivity index (χ3n) is 3.04. The molecule has 1 amide bonds. The molecule has 2 rings (SSSR count). The highest BCUT2D eigenvalue weighted by Gasteiger charge is 2.20. The lowest BCUT2D eigenvalue weighted by atomic mass is 10.0. The molecule has 2 aromatic heterocycles. The van der Waals surface area contributed by atoms with Gasteiger partial charge in [0.15, 0.2) is 16.6 Å². The maximum atomic E-state index is 12.0. The van der Waals surface area contributed by atoms with E-state index < -0.39 is 6.04 Å². The van der Waals surface area contributed by atoms with Crippen LogP contribution in [-0.2, 0) is 9.59 Å². The first kappa shape index (κ1) is 15.5. The van der Waals surface area contributed by atoms with E-state index in [1.807, 2.05) is 42.6 Å². The van der Waals surface area contributed by atoms with Crippen molar-refractivity contribution < 1.29 is 9.59 Å². The van der Waals surface area contributed by atoms with Gasteiger partial charge >= 0.3 is 0 Å². The zero-order chi connectivity index (χ0) is 15.4. The monoisotopic (exact) mass is 306 g/mol. The Kier molecular flexibility index (Phi) is 4.95. The van der Waals surface area contributed by atoms with Gasteiger partial charge in [-0.2, -0.15) is 0 Å². The molecule has 1 N–H and O–H groups in total. The molecular weight excluding hydrogens is 288 g/mol. The van der Waals surface area contributed by atoms with Gasteiger partial charge in [0.25, 0.3) is 0 Å². The van der Waals surface area contributed by atoms with Crippen LogP contribution in [-0.4, -0.2) is 38.1 Å². The van der Waals surface area contributed by atoms with Crippen LogP contribution in [0.15, 0.2) is 29.6 Å². The second-order valence-corrected chi connectivity index (χ2v) is 6.04. The minimum Gasteiger partial charge on any atom is -0.345 e. The molecule has 7 heteroatoms. The lowest BCUT2D eigenvalue weighted by molar-refractivity contribution is -0.126. The van der Waals surface area contributed by atoms with Crippen LogP contribution in [0.3, 0.4) is 0 Å². The van der Waals surface area contributed by atoms with Gasteiger partial charge in [-0.25, -0.2) is 0 Å². The van der Waals surface area contributed by atoms with Gasteiger partial charge < -0.3 is 5.32 Å². The predicted molar refractivity (Wildman–Crippen MR) is 81.2 cm³/mol. The average molecular weight is 306 g/mol. The van der Waals surface area contributed by atoms with Crippen LogP contribution in [0.4, 0.5) is 0 Å². The molecule has 0 aliphatic rings. The molecule has 112 valence electrons. The molecule has 0 spiro atoms. The fourth-order valence-electron chi connectivity index (χ4n) is 2.00. The number of rotatable bonds is 6. The van der Waals surface area contributed by atoms with Crippen molar-refractivity contribution in [2.75, 3.05) is 5.75 Å². The number of Topliss-reactive ketones (excluding diaryl/α,β-unsaturated/α-hetero) is 1. The second kappa shape index (κ2) is 6.71. The zero-order valence-electron chi connectivity index (χ0n) is 12.2. The Morgan fingerprint density at radius 3 is 2.76 bits per heavy atom. The van der Waals surface area contributed by atoms with E-state index >= 15 is 0 Å². The van der Waals surface area contributed by atoms with Crippen LogP contribution in [0.25, 0.3) is 5.65 Å². The van der Waals surface area contributed by atoms with Crippen LogP contribution in [0.2, 0.25) is 0 Å². The third kappa shape index (κ3) is 3.81. The summed E-state index contributed by atoms with van der Waals surface area (Å²) in [7, 11) is 0. The second-order valence-electron chi connectivity index (χ2n) is 5.10. The molecule has 2 heterocycles. The number of hydrogen-bond acceptors (Lipinski definition) is 5. The van der Waals surface area contributed by atoms with E-state index in [1.54, 1.807) is 0 Å². The molecule has 1 unspecified atom stereocenters. The van der Waals surface area contributed by atoms with Gasteiger partial charge in [-0.15, -0.1) is 10.2 Å². The Hall–Kier alpha value is -1.89. The maximum absolute atomic E-state index is 12.0. The first-order valence-corrected chi connectivity index (χ1v) is 7.70. The fraction of sp³-hybridized carbons (Fsp3) is 0.429. The number of thioether (sulfide) groups is 1. The number of ketones is 1. The maximum Gasteiger partial charge on any atom is 0.231 e. The Morgan fingerprint density at radius 1 is 1.33 bits per heavy atom. The number of hydrogen-bond donors (Lipinski definition) is 1. The van der Waals surface area contributed by atoms with Crippen molar-refractivity contribution >= 4 is 29.1 Å². The molecular formula is C14H18N4O2S. The van der Waals surface area contributed by atoms with Crippen LogP contribution in [0.1, 0.15) is 20.8 Å². The van der Waals surface area contributed by atoms with E-state index in [1.165, 1.54) is 18.7 Å². The molecule has 0 bridgehead atoms. The van der Waals surface area contributed by atoms with Crippen LogP contribution < -0.4 is 5.32 Å². The lowest BCUT2D eigenvalue weighted by Gasteiger charge is -2.19. The van der Waals surface area contributed by atoms with Gasteiger partial charge in [-0.1, -0.05) is 31.7 Å². The van der Waals surface area contributed by atoms with Crippen molar-refractivity contribution in [2.45, 2.75) is 32.0 Å². The first-order valence-electron chi connectivity index (χ1n) is 6.71. The molecule has 0 aromatic carbocycles. The normalized spacial score (nSPS) is 12.6. The highest BCUT2D eigenvalue weighted by Crippen LogP contribution is 2.16. The largest absolute Gasteiger partial charge is 0.345 e. The van der Waals surface area contributed by atoms with Gasteiger partial charge in [-0.05, 0) is 25.0 Å². The number of carbonyl (C=O) groups excluding carboxylic acids is 2. The summed E-state index contributed by atoms with van der Waals surface area (Å²) >= 11 is 1.30. The quantitative estimate of drug-likeness (QED) is 0.819. The fourth-order valence-corrected chi connectivity index (χ4v) is 2.74. The SMILES string of the molecule is CC(=O)C(NC(=O)CSc1nnc2ccccn12)C(C)C. The molecule has 0 saturated heterocycles. The van der Waals surface area contributed by atoms with Gasteiger partial charge in [0.2, 0.25) is 5.91 Å². The molecule has 2 aromatic rings. The molecule has 0 radical (unpaired) electrons. The van der Waals surface area contributed by atoms with E-state index in [-0.39, 0.29) is 23.4 Å². The Labute approximate surface area is 127 Å². The van der Waals surface area contributed by atoms with Crippen molar-refractivity contribution in [3.63, 3.8) is 0 Å². The lowest BCUT2D eigenvalue weighted by Crippen LogP contribution is -2.44. The third-order valence-corrected chi connectivity index (χ3v) is 3.98. The van der Waals surface area contributed by atoms with Crippen LogP contribution in [0.5, 0.6) is 0 Å². The first-order chi connectivity index (χ1) is 9.99. The molecule has 1 atom stereocenters. The van der Waals surface area contributed by atoms with E-state index in [4.69, 9.17) is 0 Å². The number of carbonyl (C=O) groups is 2. The summed E-state index contributed by atoms with van der Waals surface area (Å²) in [5.41, 5.74) is 0.740. The van der Waals surface area contributed by atoms with Crippen molar-refractivity contribution in [3.8, 4) is 0 Å². The Bertz CT molecular complexity index is 653. The highest BCUT2D eigenvalue weighted by molar-refractivity contribution is 7.99. The summed E-state index contributed by atoms with van der Waals surface area (Å²) in [6.07, 6.45) is 1.85.